The van der Waals surface area contributed by atoms with Gasteiger partial charge < -0.3 is 19.5 Å². The predicted octanol–water partition coefficient (Wildman–Crippen LogP) is 3.55. The van der Waals surface area contributed by atoms with Gasteiger partial charge in [-0.3, -0.25) is 4.99 Å². The van der Waals surface area contributed by atoms with E-state index in [9.17, 15) is 0 Å². The molecule has 0 spiro atoms. The van der Waals surface area contributed by atoms with Gasteiger partial charge in [-0.05, 0) is 36.8 Å². The standard InChI is InChI=1S/C23H27N5O/c1-18-7-6-10-21(15-18)27-11-13-28(14-12-27)23(24-2)25-16-20-17-29-22(26-20)19-8-4-3-5-9-19/h3-10,15,17H,11-14,16H2,1-2H3,(H,24,25). The summed E-state index contributed by atoms with van der Waals surface area (Å²) < 4.78 is 5.62. The zero-order valence-corrected chi connectivity index (χ0v) is 17.0. The van der Waals surface area contributed by atoms with Gasteiger partial charge >= 0.3 is 0 Å². The summed E-state index contributed by atoms with van der Waals surface area (Å²) in [7, 11) is 1.83. The molecule has 0 radical (unpaired) electrons. The molecule has 0 aliphatic carbocycles. The van der Waals surface area contributed by atoms with E-state index in [4.69, 9.17) is 4.42 Å². The normalized spacial score (nSPS) is 14.9. The molecule has 1 aliphatic rings. The Kier molecular flexibility index (Phi) is 5.79. The first kappa shape index (κ1) is 19.1. The first-order valence-corrected chi connectivity index (χ1v) is 10.00. The van der Waals surface area contributed by atoms with Gasteiger partial charge in [0.15, 0.2) is 5.96 Å². The molecular weight excluding hydrogens is 362 g/mol. The molecule has 0 unspecified atom stereocenters. The summed E-state index contributed by atoms with van der Waals surface area (Å²) in [5.74, 6) is 1.54. The number of nitrogens with one attached hydrogen (secondary N) is 1. The van der Waals surface area contributed by atoms with Crippen molar-refractivity contribution in [2.45, 2.75) is 13.5 Å². The summed E-state index contributed by atoms with van der Waals surface area (Å²) >= 11 is 0. The summed E-state index contributed by atoms with van der Waals surface area (Å²) in [5.41, 5.74) is 4.44. The Morgan fingerprint density at radius 3 is 2.59 bits per heavy atom. The fourth-order valence-electron chi connectivity index (χ4n) is 3.60. The maximum absolute atomic E-state index is 5.62. The molecule has 0 amide bonds. The van der Waals surface area contributed by atoms with E-state index in [0.29, 0.717) is 12.4 Å². The molecule has 2 aromatic carbocycles. The highest BCUT2D eigenvalue weighted by molar-refractivity contribution is 5.80. The molecular formula is C23H27N5O. The zero-order valence-electron chi connectivity index (χ0n) is 17.0. The van der Waals surface area contributed by atoms with Crippen LogP contribution in [0.2, 0.25) is 0 Å². The first-order valence-electron chi connectivity index (χ1n) is 10.00. The Morgan fingerprint density at radius 1 is 1.07 bits per heavy atom. The number of aromatic nitrogens is 1. The van der Waals surface area contributed by atoms with E-state index in [1.54, 1.807) is 6.26 Å². The van der Waals surface area contributed by atoms with E-state index in [1.807, 2.05) is 37.4 Å². The molecule has 4 rings (SSSR count). The smallest absolute Gasteiger partial charge is 0.226 e. The van der Waals surface area contributed by atoms with Crippen LogP contribution in [-0.4, -0.2) is 49.1 Å². The van der Waals surface area contributed by atoms with Crippen molar-refractivity contribution >= 4 is 11.6 Å². The molecule has 0 saturated carbocycles. The lowest BCUT2D eigenvalue weighted by Crippen LogP contribution is -2.52. The average Bonchev–Trinajstić information content (AvgIpc) is 3.24. The van der Waals surface area contributed by atoms with Crippen molar-refractivity contribution in [2.24, 2.45) is 4.99 Å². The highest BCUT2D eigenvalue weighted by Crippen LogP contribution is 2.19. The molecule has 1 saturated heterocycles. The van der Waals surface area contributed by atoms with Crippen molar-refractivity contribution in [1.29, 1.82) is 0 Å². The van der Waals surface area contributed by atoms with Crippen molar-refractivity contribution in [1.82, 2.24) is 15.2 Å². The van der Waals surface area contributed by atoms with Gasteiger partial charge in [-0.1, -0.05) is 30.3 Å². The Labute approximate surface area is 171 Å². The predicted molar refractivity (Wildman–Crippen MR) is 117 cm³/mol. The first-order chi connectivity index (χ1) is 14.2. The van der Waals surface area contributed by atoms with Crippen molar-refractivity contribution < 1.29 is 4.42 Å². The van der Waals surface area contributed by atoms with Crippen LogP contribution >= 0.6 is 0 Å². The molecule has 150 valence electrons. The fourth-order valence-corrected chi connectivity index (χ4v) is 3.60. The summed E-state index contributed by atoms with van der Waals surface area (Å²) in [6.45, 7) is 6.54. The van der Waals surface area contributed by atoms with Crippen molar-refractivity contribution in [3.63, 3.8) is 0 Å². The van der Waals surface area contributed by atoms with Crippen LogP contribution in [0.1, 0.15) is 11.3 Å². The second kappa shape index (κ2) is 8.82. The van der Waals surface area contributed by atoms with Crippen molar-refractivity contribution in [3.8, 4) is 11.5 Å². The lowest BCUT2D eigenvalue weighted by Gasteiger charge is -2.37. The van der Waals surface area contributed by atoms with Gasteiger partial charge in [0.1, 0.15) is 6.26 Å². The van der Waals surface area contributed by atoms with Crippen LogP contribution in [0.5, 0.6) is 0 Å². The summed E-state index contributed by atoms with van der Waals surface area (Å²) in [6.07, 6.45) is 1.71. The molecule has 1 aromatic heterocycles. The van der Waals surface area contributed by atoms with Gasteiger partial charge in [0.05, 0.1) is 12.2 Å². The van der Waals surface area contributed by atoms with Crippen LogP contribution in [-0.2, 0) is 6.54 Å². The van der Waals surface area contributed by atoms with Crippen LogP contribution in [0, 0.1) is 6.92 Å². The topological polar surface area (TPSA) is 56.9 Å². The number of benzene rings is 2. The maximum Gasteiger partial charge on any atom is 0.226 e. The van der Waals surface area contributed by atoms with Crippen LogP contribution in [0.3, 0.4) is 0 Å². The van der Waals surface area contributed by atoms with Gasteiger partial charge in [0.25, 0.3) is 0 Å². The molecule has 1 fully saturated rings. The number of hydrogen-bond acceptors (Lipinski definition) is 4. The van der Waals surface area contributed by atoms with E-state index < -0.39 is 0 Å². The third-order valence-electron chi connectivity index (χ3n) is 5.16. The monoisotopic (exact) mass is 389 g/mol. The van der Waals surface area contributed by atoms with E-state index in [1.165, 1.54) is 11.3 Å². The van der Waals surface area contributed by atoms with Gasteiger partial charge in [-0.15, -0.1) is 0 Å². The Hall–Kier alpha value is -3.28. The number of rotatable bonds is 4. The second-order valence-electron chi connectivity index (χ2n) is 7.22. The number of oxazole rings is 1. The van der Waals surface area contributed by atoms with E-state index in [2.05, 4.69) is 56.3 Å². The third-order valence-corrected chi connectivity index (χ3v) is 5.16. The third kappa shape index (κ3) is 4.59. The molecule has 0 bridgehead atoms. The van der Waals surface area contributed by atoms with E-state index in [0.717, 1.165) is 43.4 Å². The molecule has 29 heavy (non-hydrogen) atoms. The molecule has 1 aliphatic heterocycles. The lowest BCUT2D eigenvalue weighted by molar-refractivity contribution is 0.372. The van der Waals surface area contributed by atoms with Gasteiger partial charge in [-0.2, -0.15) is 0 Å². The van der Waals surface area contributed by atoms with Gasteiger partial charge in [-0.25, -0.2) is 4.98 Å². The molecule has 0 atom stereocenters. The Bertz CT molecular complexity index is 958. The number of nitrogens with zero attached hydrogens (tertiary/aromatic N) is 4. The van der Waals surface area contributed by atoms with Gasteiger partial charge in [0.2, 0.25) is 5.89 Å². The van der Waals surface area contributed by atoms with Crippen molar-refractivity contribution in [2.75, 3.05) is 38.1 Å². The Balaban J connectivity index is 1.32. The molecule has 2 heterocycles. The fraction of sp³-hybridized carbons (Fsp3) is 0.304. The van der Waals surface area contributed by atoms with E-state index >= 15 is 0 Å². The minimum Gasteiger partial charge on any atom is -0.444 e. The average molecular weight is 390 g/mol. The molecule has 6 heteroatoms. The second-order valence-corrected chi connectivity index (χ2v) is 7.22. The van der Waals surface area contributed by atoms with Crippen molar-refractivity contribution in [3.05, 3.63) is 72.1 Å². The van der Waals surface area contributed by atoms with Gasteiger partial charge in [0, 0.05) is 44.5 Å². The molecule has 1 N–H and O–H groups in total. The molecule has 3 aromatic rings. The minimum atomic E-state index is 0.584. The quantitative estimate of drug-likeness (QED) is 0.546. The number of hydrogen-bond donors (Lipinski definition) is 1. The highest BCUT2D eigenvalue weighted by atomic mass is 16.3. The zero-order chi connectivity index (χ0) is 20.1. The number of guanidine groups is 1. The number of aliphatic imine (C=N–C) groups is 1. The largest absolute Gasteiger partial charge is 0.444 e. The van der Waals surface area contributed by atoms with Crippen LogP contribution in [0.4, 0.5) is 5.69 Å². The summed E-state index contributed by atoms with van der Waals surface area (Å²) in [5, 5.41) is 3.42. The number of anilines is 1. The van der Waals surface area contributed by atoms with Crippen LogP contribution in [0.25, 0.3) is 11.5 Å². The minimum absolute atomic E-state index is 0.584. The maximum atomic E-state index is 5.62. The lowest BCUT2D eigenvalue weighted by atomic mass is 10.2. The SMILES string of the molecule is CN=C(NCc1coc(-c2ccccc2)n1)N1CCN(c2cccc(C)c2)CC1. The Morgan fingerprint density at radius 2 is 1.86 bits per heavy atom. The molecule has 6 nitrogen and oxygen atoms in total. The highest BCUT2D eigenvalue weighted by Gasteiger charge is 2.20. The van der Waals surface area contributed by atoms with E-state index in [-0.39, 0.29) is 0 Å². The summed E-state index contributed by atoms with van der Waals surface area (Å²) in [4.78, 5) is 13.8. The number of piperazine rings is 1. The van der Waals surface area contributed by atoms with Crippen LogP contribution < -0.4 is 10.2 Å². The number of aryl methyl sites for hydroxylation is 1. The summed E-state index contributed by atoms with van der Waals surface area (Å²) in [6, 6.07) is 18.6. The van der Waals surface area contributed by atoms with Crippen LogP contribution in [0.15, 0.2) is 70.3 Å².